The Balaban J connectivity index is 1.37. The van der Waals surface area contributed by atoms with Gasteiger partial charge in [-0.2, -0.15) is 0 Å². The minimum Gasteiger partial charge on any atom is -0.375 e. The molecular weight excluding hydrogens is 338 g/mol. The zero-order chi connectivity index (χ0) is 18.6. The van der Waals surface area contributed by atoms with Crippen molar-refractivity contribution < 1.29 is 4.74 Å². The minimum atomic E-state index is 0.264. The summed E-state index contributed by atoms with van der Waals surface area (Å²) in [5, 5.41) is 3.50. The first kappa shape index (κ1) is 17.9. The average molecular weight is 365 g/mol. The van der Waals surface area contributed by atoms with Crippen LogP contribution in [-0.2, 0) is 24.4 Å². The molecular formula is C21H27N5O. The van der Waals surface area contributed by atoms with E-state index in [0.717, 1.165) is 56.5 Å². The zero-order valence-corrected chi connectivity index (χ0v) is 16.1. The van der Waals surface area contributed by atoms with E-state index in [1.54, 1.807) is 0 Å². The predicted octanol–water partition coefficient (Wildman–Crippen LogP) is 2.97. The summed E-state index contributed by atoms with van der Waals surface area (Å²) in [7, 11) is 0. The molecule has 0 spiro atoms. The van der Waals surface area contributed by atoms with Crippen molar-refractivity contribution in [2.75, 3.05) is 24.6 Å². The van der Waals surface area contributed by atoms with E-state index >= 15 is 0 Å². The summed E-state index contributed by atoms with van der Waals surface area (Å²) >= 11 is 0. The second-order valence-corrected chi connectivity index (χ2v) is 7.02. The fourth-order valence-corrected chi connectivity index (χ4v) is 3.67. The molecule has 1 atom stereocenters. The highest BCUT2D eigenvalue weighted by molar-refractivity contribution is 5.75. The first-order valence-electron chi connectivity index (χ1n) is 9.71. The summed E-state index contributed by atoms with van der Waals surface area (Å²) in [5.74, 6) is 2.10. The molecule has 0 amide bonds. The summed E-state index contributed by atoms with van der Waals surface area (Å²) in [6.45, 7) is 9.28. The topological polar surface area (TPSA) is 55.2 Å². The lowest BCUT2D eigenvalue weighted by molar-refractivity contribution is 0.0529. The Labute approximate surface area is 160 Å². The smallest absolute Gasteiger partial charge is 0.128 e. The van der Waals surface area contributed by atoms with Gasteiger partial charge in [-0.1, -0.05) is 18.2 Å². The van der Waals surface area contributed by atoms with Gasteiger partial charge in [-0.3, -0.25) is 0 Å². The second-order valence-electron chi connectivity index (χ2n) is 7.02. The Bertz CT molecular complexity index is 889. The minimum absolute atomic E-state index is 0.264. The maximum Gasteiger partial charge on any atom is 0.128 e. The van der Waals surface area contributed by atoms with Gasteiger partial charge in [-0.15, -0.1) is 0 Å². The molecule has 1 saturated heterocycles. The molecule has 1 aromatic carbocycles. The number of ether oxygens (including phenoxy) is 1. The third-order valence-electron chi connectivity index (χ3n) is 5.04. The van der Waals surface area contributed by atoms with Gasteiger partial charge in [0.25, 0.3) is 0 Å². The molecule has 1 N–H and O–H groups in total. The Morgan fingerprint density at radius 2 is 2.07 bits per heavy atom. The van der Waals surface area contributed by atoms with Crippen LogP contribution in [0.2, 0.25) is 0 Å². The van der Waals surface area contributed by atoms with Crippen molar-refractivity contribution in [3.63, 3.8) is 0 Å². The van der Waals surface area contributed by atoms with Gasteiger partial charge < -0.3 is 19.5 Å². The molecule has 1 aliphatic rings. The largest absolute Gasteiger partial charge is 0.375 e. The molecule has 1 fully saturated rings. The Morgan fingerprint density at radius 1 is 1.19 bits per heavy atom. The van der Waals surface area contributed by atoms with E-state index in [1.807, 2.05) is 12.3 Å². The first-order valence-corrected chi connectivity index (χ1v) is 9.71. The number of anilines is 1. The summed E-state index contributed by atoms with van der Waals surface area (Å²) in [6, 6.07) is 12.6. The van der Waals surface area contributed by atoms with Crippen molar-refractivity contribution in [3.8, 4) is 0 Å². The molecule has 3 aromatic rings. The van der Waals surface area contributed by atoms with Crippen LogP contribution in [0.3, 0.4) is 0 Å². The van der Waals surface area contributed by atoms with Crippen molar-refractivity contribution in [2.45, 2.75) is 39.6 Å². The van der Waals surface area contributed by atoms with Gasteiger partial charge >= 0.3 is 0 Å². The molecule has 6 nitrogen and oxygen atoms in total. The monoisotopic (exact) mass is 365 g/mol. The lowest BCUT2D eigenvalue weighted by Crippen LogP contribution is -2.41. The first-order chi connectivity index (χ1) is 13.2. The molecule has 0 unspecified atom stereocenters. The van der Waals surface area contributed by atoms with E-state index in [-0.39, 0.29) is 6.10 Å². The number of para-hydroxylation sites is 2. The average Bonchev–Trinajstić information content (AvgIpc) is 3.06. The van der Waals surface area contributed by atoms with Gasteiger partial charge in [0, 0.05) is 32.4 Å². The van der Waals surface area contributed by atoms with Gasteiger partial charge in [0.05, 0.1) is 30.3 Å². The number of pyridine rings is 1. The van der Waals surface area contributed by atoms with Crippen LogP contribution in [0.15, 0.2) is 42.6 Å². The number of morpholine rings is 1. The highest BCUT2D eigenvalue weighted by Gasteiger charge is 2.17. The van der Waals surface area contributed by atoms with Crippen molar-refractivity contribution in [1.82, 2.24) is 19.9 Å². The highest BCUT2D eigenvalue weighted by Crippen LogP contribution is 2.17. The van der Waals surface area contributed by atoms with Gasteiger partial charge in [-0.05, 0) is 37.6 Å². The standard InChI is InChI=1S/C21H27N5O/c1-3-26-19-7-5-4-6-18(19)24-21(26)14-22-12-17-8-9-20(23-13-17)25-10-11-27-16(2)15-25/h4-9,13,16,22H,3,10-12,14-15H2,1-2H3/t16-/m1/s1. The number of nitrogens with one attached hydrogen (secondary N) is 1. The van der Waals surface area contributed by atoms with Gasteiger partial charge in [0.2, 0.25) is 0 Å². The predicted molar refractivity (Wildman–Crippen MR) is 108 cm³/mol. The van der Waals surface area contributed by atoms with Crippen LogP contribution in [-0.4, -0.2) is 40.3 Å². The maximum atomic E-state index is 5.60. The summed E-state index contributed by atoms with van der Waals surface area (Å²) in [6.07, 6.45) is 2.23. The number of hydrogen-bond acceptors (Lipinski definition) is 5. The normalized spacial score (nSPS) is 17.6. The quantitative estimate of drug-likeness (QED) is 0.728. The van der Waals surface area contributed by atoms with Crippen LogP contribution in [0, 0.1) is 0 Å². The number of aromatic nitrogens is 3. The summed E-state index contributed by atoms with van der Waals surface area (Å²) in [4.78, 5) is 11.7. The number of rotatable bonds is 6. The second kappa shape index (κ2) is 8.06. The van der Waals surface area contributed by atoms with E-state index in [1.165, 1.54) is 11.1 Å². The number of fused-ring (bicyclic) bond motifs is 1. The molecule has 3 heterocycles. The lowest BCUT2D eigenvalue weighted by atomic mass is 10.2. The molecule has 142 valence electrons. The Kier molecular flexibility index (Phi) is 5.36. The molecule has 0 bridgehead atoms. The van der Waals surface area contributed by atoms with E-state index in [0.29, 0.717) is 0 Å². The number of benzene rings is 1. The van der Waals surface area contributed by atoms with Crippen molar-refractivity contribution in [3.05, 3.63) is 54.0 Å². The van der Waals surface area contributed by atoms with Crippen molar-refractivity contribution in [1.29, 1.82) is 0 Å². The summed E-state index contributed by atoms with van der Waals surface area (Å²) in [5.41, 5.74) is 3.43. The molecule has 27 heavy (non-hydrogen) atoms. The molecule has 4 rings (SSSR count). The van der Waals surface area contributed by atoms with Crippen molar-refractivity contribution >= 4 is 16.9 Å². The molecule has 2 aromatic heterocycles. The van der Waals surface area contributed by atoms with Gasteiger partial charge in [-0.25, -0.2) is 9.97 Å². The van der Waals surface area contributed by atoms with Gasteiger partial charge in [0.1, 0.15) is 11.6 Å². The molecule has 0 aliphatic carbocycles. The van der Waals surface area contributed by atoms with Crippen LogP contribution in [0.25, 0.3) is 11.0 Å². The van der Waals surface area contributed by atoms with Crippen LogP contribution in [0.1, 0.15) is 25.2 Å². The van der Waals surface area contributed by atoms with E-state index in [2.05, 4.69) is 63.9 Å². The molecule has 0 saturated carbocycles. The summed E-state index contributed by atoms with van der Waals surface area (Å²) < 4.78 is 7.87. The lowest BCUT2D eigenvalue weighted by Gasteiger charge is -2.32. The molecule has 6 heteroatoms. The zero-order valence-electron chi connectivity index (χ0n) is 16.1. The van der Waals surface area contributed by atoms with E-state index in [4.69, 9.17) is 9.72 Å². The Morgan fingerprint density at radius 3 is 2.85 bits per heavy atom. The third kappa shape index (κ3) is 3.96. The van der Waals surface area contributed by atoms with Crippen molar-refractivity contribution in [2.24, 2.45) is 0 Å². The SMILES string of the molecule is CCn1c(CNCc2ccc(N3CCO[C@H](C)C3)nc2)nc2ccccc21. The fraction of sp³-hybridized carbons (Fsp3) is 0.429. The van der Waals surface area contributed by atoms with E-state index in [9.17, 15) is 0 Å². The highest BCUT2D eigenvalue weighted by atomic mass is 16.5. The van der Waals surface area contributed by atoms with Gasteiger partial charge in [0.15, 0.2) is 0 Å². The molecule has 1 aliphatic heterocycles. The molecule has 0 radical (unpaired) electrons. The number of imidazole rings is 1. The number of nitrogens with zero attached hydrogens (tertiary/aromatic N) is 4. The fourth-order valence-electron chi connectivity index (χ4n) is 3.67. The van der Waals surface area contributed by atoms with E-state index < -0.39 is 0 Å². The number of hydrogen-bond donors (Lipinski definition) is 1. The Hall–Kier alpha value is -2.44. The van der Waals surface area contributed by atoms with Crippen LogP contribution in [0.5, 0.6) is 0 Å². The maximum absolute atomic E-state index is 5.60. The number of aryl methyl sites for hydroxylation is 1. The van der Waals surface area contributed by atoms with Crippen LogP contribution < -0.4 is 10.2 Å². The third-order valence-corrected chi connectivity index (χ3v) is 5.04. The van der Waals surface area contributed by atoms with Crippen LogP contribution >= 0.6 is 0 Å². The van der Waals surface area contributed by atoms with Crippen LogP contribution in [0.4, 0.5) is 5.82 Å².